The summed E-state index contributed by atoms with van der Waals surface area (Å²) in [6.45, 7) is 6.19. The fraction of sp³-hybridized carbons (Fsp3) is 0.625. The summed E-state index contributed by atoms with van der Waals surface area (Å²) in [6.07, 6.45) is 8.75. The van der Waals surface area contributed by atoms with Gasteiger partial charge < -0.3 is 0 Å². The number of carbonyl (C=O) groups excluding carboxylic acids is 2. The third kappa shape index (κ3) is 1.96. The first-order valence-electron chi connectivity index (χ1n) is 7.32. The molecule has 2 amide bonds. The first kappa shape index (κ1) is 12.6. The molecule has 1 aliphatic heterocycles. The van der Waals surface area contributed by atoms with Gasteiger partial charge in [-0.25, -0.2) is 0 Å². The Bertz CT molecular complexity index is 457. The maximum Gasteiger partial charge on any atom is 0.237 e. The lowest BCUT2D eigenvalue weighted by Crippen LogP contribution is -2.42. The SMILES string of the molecule is C=C1C=CCC2C(=O)N(C3CCC(C)CC3)C(=O)C12. The number of likely N-dealkylation sites (tertiary alicyclic amines) is 1. The van der Waals surface area contributed by atoms with Gasteiger partial charge in [0.2, 0.25) is 11.8 Å². The number of rotatable bonds is 1. The van der Waals surface area contributed by atoms with Crippen LogP contribution in [0.4, 0.5) is 0 Å². The molecule has 2 unspecified atom stereocenters. The molecule has 0 radical (unpaired) electrons. The van der Waals surface area contributed by atoms with Crippen molar-refractivity contribution in [1.29, 1.82) is 0 Å². The number of allylic oxidation sites excluding steroid dienone is 2. The van der Waals surface area contributed by atoms with Crippen molar-refractivity contribution < 1.29 is 9.59 Å². The number of hydrogen-bond acceptors (Lipinski definition) is 2. The molecule has 102 valence electrons. The van der Waals surface area contributed by atoms with Crippen LogP contribution >= 0.6 is 0 Å². The molecule has 3 rings (SSSR count). The molecule has 0 aromatic rings. The van der Waals surface area contributed by atoms with E-state index in [-0.39, 0.29) is 29.7 Å². The standard InChI is InChI=1S/C16H21NO2/c1-10-6-8-12(9-7-10)17-15(18)13-5-3-4-11(2)14(13)16(17)19/h3-4,10,12-14H,2,5-9H2,1H3. The van der Waals surface area contributed by atoms with Gasteiger partial charge in [0.1, 0.15) is 0 Å². The lowest BCUT2D eigenvalue weighted by Gasteiger charge is -2.32. The number of nitrogens with zero attached hydrogens (tertiary/aromatic N) is 1. The molecule has 0 aromatic heterocycles. The first-order valence-corrected chi connectivity index (χ1v) is 7.32. The Morgan fingerprint density at radius 3 is 2.47 bits per heavy atom. The average molecular weight is 259 g/mol. The highest BCUT2D eigenvalue weighted by Gasteiger charge is 2.51. The van der Waals surface area contributed by atoms with Crippen molar-refractivity contribution in [3.05, 3.63) is 24.3 Å². The smallest absolute Gasteiger partial charge is 0.237 e. The summed E-state index contributed by atoms with van der Waals surface area (Å²) < 4.78 is 0. The van der Waals surface area contributed by atoms with E-state index in [2.05, 4.69) is 13.5 Å². The predicted octanol–water partition coefficient (Wildman–Crippen LogP) is 2.68. The van der Waals surface area contributed by atoms with Crippen LogP contribution in [-0.2, 0) is 9.59 Å². The molecule has 3 aliphatic rings. The van der Waals surface area contributed by atoms with Gasteiger partial charge in [0.05, 0.1) is 11.8 Å². The minimum atomic E-state index is -0.281. The Kier molecular flexibility index (Phi) is 3.08. The van der Waals surface area contributed by atoms with Crippen LogP contribution in [0.1, 0.15) is 39.0 Å². The second-order valence-corrected chi connectivity index (χ2v) is 6.26. The van der Waals surface area contributed by atoms with E-state index in [4.69, 9.17) is 0 Å². The minimum absolute atomic E-state index is 0.00361. The fourth-order valence-electron chi connectivity index (χ4n) is 3.74. The number of amides is 2. The fourth-order valence-corrected chi connectivity index (χ4v) is 3.74. The molecule has 0 aromatic carbocycles. The molecule has 2 atom stereocenters. The molecule has 1 saturated carbocycles. The van der Waals surface area contributed by atoms with E-state index >= 15 is 0 Å². The number of fused-ring (bicyclic) bond motifs is 1. The molecule has 1 saturated heterocycles. The lowest BCUT2D eigenvalue weighted by molar-refractivity contribution is -0.143. The maximum absolute atomic E-state index is 12.6. The van der Waals surface area contributed by atoms with Crippen LogP contribution < -0.4 is 0 Å². The van der Waals surface area contributed by atoms with E-state index in [1.54, 1.807) is 4.90 Å². The average Bonchev–Trinajstić information content (AvgIpc) is 2.65. The zero-order chi connectivity index (χ0) is 13.6. The van der Waals surface area contributed by atoms with Crippen LogP contribution in [0.15, 0.2) is 24.3 Å². The van der Waals surface area contributed by atoms with Crippen LogP contribution in [0.25, 0.3) is 0 Å². The van der Waals surface area contributed by atoms with Crippen molar-refractivity contribution in [3.8, 4) is 0 Å². The van der Waals surface area contributed by atoms with Crippen LogP contribution in [0.2, 0.25) is 0 Å². The molecular weight excluding hydrogens is 238 g/mol. The molecule has 2 fully saturated rings. The van der Waals surface area contributed by atoms with Crippen molar-refractivity contribution in [2.75, 3.05) is 0 Å². The van der Waals surface area contributed by atoms with Crippen molar-refractivity contribution in [1.82, 2.24) is 4.90 Å². The van der Waals surface area contributed by atoms with Crippen molar-refractivity contribution in [3.63, 3.8) is 0 Å². The number of hydrogen-bond donors (Lipinski definition) is 0. The van der Waals surface area contributed by atoms with Gasteiger partial charge in [0.25, 0.3) is 0 Å². The van der Waals surface area contributed by atoms with Gasteiger partial charge in [-0.2, -0.15) is 0 Å². The summed E-state index contributed by atoms with van der Waals surface area (Å²) in [4.78, 5) is 26.6. The van der Waals surface area contributed by atoms with E-state index in [1.807, 2.05) is 12.2 Å². The number of carbonyl (C=O) groups is 2. The van der Waals surface area contributed by atoms with E-state index in [9.17, 15) is 9.59 Å². The summed E-state index contributed by atoms with van der Waals surface area (Å²) >= 11 is 0. The van der Waals surface area contributed by atoms with Crippen molar-refractivity contribution in [2.24, 2.45) is 17.8 Å². The predicted molar refractivity (Wildman–Crippen MR) is 73.2 cm³/mol. The van der Waals surface area contributed by atoms with Crippen LogP contribution in [0, 0.1) is 17.8 Å². The second-order valence-electron chi connectivity index (χ2n) is 6.26. The van der Waals surface area contributed by atoms with Crippen molar-refractivity contribution >= 4 is 11.8 Å². The Morgan fingerprint density at radius 2 is 1.84 bits per heavy atom. The largest absolute Gasteiger partial charge is 0.279 e. The van der Waals surface area contributed by atoms with E-state index in [0.717, 1.165) is 37.2 Å². The van der Waals surface area contributed by atoms with E-state index in [0.29, 0.717) is 6.42 Å². The van der Waals surface area contributed by atoms with Crippen LogP contribution in [-0.4, -0.2) is 22.8 Å². The van der Waals surface area contributed by atoms with Gasteiger partial charge in [-0.3, -0.25) is 14.5 Å². The highest BCUT2D eigenvalue weighted by atomic mass is 16.2. The molecule has 19 heavy (non-hydrogen) atoms. The molecule has 0 spiro atoms. The van der Waals surface area contributed by atoms with Gasteiger partial charge in [0.15, 0.2) is 0 Å². The topological polar surface area (TPSA) is 37.4 Å². The van der Waals surface area contributed by atoms with Gasteiger partial charge in [-0.15, -0.1) is 0 Å². The normalized spacial score (nSPS) is 38.8. The third-order valence-corrected chi connectivity index (χ3v) is 4.93. The minimum Gasteiger partial charge on any atom is -0.279 e. The van der Waals surface area contributed by atoms with Gasteiger partial charge >= 0.3 is 0 Å². The van der Waals surface area contributed by atoms with E-state index in [1.165, 1.54) is 0 Å². The zero-order valence-corrected chi connectivity index (χ0v) is 11.5. The maximum atomic E-state index is 12.6. The lowest BCUT2D eigenvalue weighted by atomic mass is 9.82. The quantitative estimate of drug-likeness (QED) is 0.679. The van der Waals surface area contributed by atoms with Crippen molar-refractivity contribution in [2.45, 2.75) is 45.1 Å². The Morgan fingerprint density at radius 1 is 1.16 bits per heavy atom. The second kappa shape index (κ2) is 4.62. The third-order valence-electron chi connectivity index (χ3n) is 4.93. The Hall–Kier alpha value is -1.38. The molecule has 3 heteroatoms. The Labute approximate surface area is 114 Å². The molecular formula is C16H21NO2. The molecule has 0 N–H and O–H groups in total. The Balaban J connectivity index is 1.82. The summed E-state index contributed by atoms with van der Waals surface area (Å²) in [7, 11) is 0. The molecule has 2 aliphatic carbocycles. The van der Waals surface area contributed by atoms with Crippen LogP contribution in [0.3, 0.4) is 0 Å². The highest BCUT2D eigenvalue weighted by Crippen LogP contribution is 2.40. The van der Waals surface area contributed by atoms with Crippen LogP contribution in [0.5, 0.6) is 0 Å². The van der Waals surface area contributed by atoms with Gasteiger partial charge in [-0.05, 0) is 43.6 Å². The summed E-state index contributed by atoms with van der Waals surface area (Å²) in [5.41, 5.74) is 0.807. The highest BCUT2D eigenvalue weighted by molar-refractivity contribution is 6.07. The summed E-state index contributed by atoms with van der Waals surface area (Å²) in [5, 5.41) is 0. The molecule has 1 heterocycles. The number of imide groups is 1. The summed E-state index contributed by atoms with van der Waals surface area (Å²) in [5.74, 6) is 0.313. The monoisotopic (exact) mass is 259 g/mol. The molecule has 3 nitrogen and oxygen atoms in total. The van der Waals surface area contributed by atoms with Gasteiger partial charge in [0, 0.05) is 6.04 Å². The summed E-state index contributed by atoms with van der Waals surface area (Å²) in [6, 6.07) is 0.134. The first-order chi connectivity index (χ1) is 9.09. The van der Waals surface area contributed by atoms with E-state index < -0.39 is 0 Å². The van der Waals surface area contributed by atoms with Gasteiger partial charge in [-0.1, -0.05) is 25.7 Å². The molecule has 0 bridgehead atoms. The zero-order valence-electron chi connectivity index (χ0n) is 11.5.